The fourth-order valence-electron chi connectivity index (χ4n) is 3.75. The zero-order chi connectivity index (χ0) is 21.7. The average molecular weight is 414 g/mol. The molecule has 1 heterocycles. The lowest BCUT2D eigenvalue weighted by Gasteiger charge is -2.31. The number of carbonyl (C=O) groups excluding carboxylic acids is 1. The Kier molecular flexibility index (Phi) is 6.92. The minimum absolute atomic E-state index is 0.117. The van der Waals surface area contributed by atoms with Crippen molar-refractivity contribution >= 4 is 12.0 Å². The summed E-state index contributed by atoms with van der Waals surface area (Å²) in [6, 6.07) is 8.21. The molecule has 0 saturated carbocycles. The maximum absolute atomic E-state index is 14.6. The quantitative estimate of drug-likeness (QED) is 0.718. The van der Waals surface area contributed by atoms with Crippen molar-refractivity contribution < 1.29 is 23.8 Å². The molecule has 2 amide bonds. The van der Waals surface area contributed by atoms with Gasteiger partial charge in [0.1, 0.15) is 11.6 Å². The number of aliphatic carboxylic acids is 1. The Balaban J connectivity index is 2.05. The zero-order valence-electron chi connectivity index (χ0n) is 17.3. The van der Waals surface area contributed by atoms with Crippen LogP contribution in [0.5, 0.6) is 5.75 Å². The van der Waals surface area contributed by atoms with E-state index in [1.54, 1.807) is 29.2 Å². The first kappa shape index (κ1) is 21.6. The Morgan fingerprint density at radius 1 is 1.17 bits per heavy atom. The van der Waals surface area contributed by atoms with E-state index in [0.717, 1.165) is 17.5 Å². The average Bonchev–Trinajstić information content (AvgIpc) is 2.73. The summed E-state index contributed by atoms with van der Waals surface area (Å²) < 4.78 is 20.3. The van der Waals surface area contributed by atoms with Gasteiger partial charge in [0.05, 0.1) is 13.0 Å². The zero-order valence-corrected chi connectivity index (χ0v) is 17.3. The van der Waals surface area contributed by atoms with Crippen molar-refractivity contribution in [1.82, 2.24) is 10.2 Å². The van der Waals surface area contributed by atoms with Gasteiger partial charge in [-0.3, -0.25) is 4.79 Å². The summed E-state index contributed by atoms with van der Waals surface area (Å²) in [6.07, 6.45) is 1.14. The Morgan fingerprint density at radius 2 is 1.97 bits per heavy atom. The van der Waals surface area contributed by atoms with Gasteiger partial charge in [-0.25, -0.2) is 9.18 Å². The fourth-order valence-corrected chi connectivity index (χ4v) is 3.75. The summed E-state index contributed by atoms with van der Waals surface area (Å²) in [5.74, 6) is -0.611. The summed E-state index contributed by atoms with van der Waals surface area (Å²) in [5.41, 5.74) is 3.43. The molecule has 0 radical (unpaired) electrons. The van der Waals surface area contributed by atoms with Crippen molar-refractivity contribution in [3.63, 3.8) is 0 Å². The minimum Gasteiger partial charge on any atom is -0.493 e. The number of carbonyl (C=O) groups is 2. The molecular formula is C23H27FN2O4. The van der Waals surface area contributed by atoms with Crippen LogP contribution in [0.4, 0.5) is 9.18 Å². The van der Waals surface area contributed by atoms with Gasteiger partial charge in [-0.15, -0.1) is 0 Å². The molecule has 7 heteroatoms. The molecule has 0 unspecified atom stereocenters. The van der Waals surface area contributed by atoms with Crippen LogP contribution in [0.3, 0.4) is 0 Å². The standard InChI is InChI=1S/C23H27FN2O4/c1-3-10-25-23(29)26-11-9-17-19(14-26)16(6-7-20(17)24)18-12-15(13-22(27)28)5-8-21(18)30-4-2/h5-8,12H,3-4,9-11,13-14H2,1-2H3,(H,25,29)(H,27,28). The Labute approximate surface area is 175 Å². The number of carboxylic acids is 1. The number of fused-ring (bicyclic) bond motifs is 1. The Bertz CT molecular complexity index is 945. The number of rotatable bonds is 7. The van der Waals surface area contributed by atoms with Gasteiger partial charge in [0, 0.05) is 25.2 Å². The monoisotopic (exact) mass is 414 g/mol. The second-order valence-corrected chi connectivity index (χ2v) is 7.29. The number of urea groups is 1. The van der Waals surface area contributed by atoms with Gasteiger partial charge in [-0.2, -0.15) is 0 Å². The first-order valence-corrected chi connectivity index (χ1v) is 10.3. The third-order valence-corrected chi connectivity index (χ3v) is 5.16. The van der Waals surface area contributed by atoms with Crippen molar-refractivity contribution in [2.45, 2.75) is 39.7 Å². The van der Waals surface area contributed by atoms with Crippen molar-refractivity contribution in [1.29, 1.82) is 0 Å². The van der Waals surface area contributed by atoms with Crippen LogP contribution < -0.4 is 10.1 Å². The highest BCUT2D eigenvalue weighted by Gasteiger charge is 2.26. The maximum Gasteiger partial charge on any atom is 0.317 e. The number of hydrogen-bond acceptors (Lipinski definition) is 3. The van der Waals surface area contributed by atoms with Crippen LogP contribution >= 0.6 is 0 Å². The molecule has 6 nitrogen and oxygen atoms in total. The lowest BCUT2D eigenvalue weighted by Crippen LogP contribution is -2.43. The minimum atomic E-state index is -0.926. The molecule has 0 spiro atoms. The number of carboxylic acid groups (broad SMARTS) is 1. The third kappa shape index (κ3) is 4.72. The molecule has 1 aliphatic rings. The number of halogens is 1. The van der Waals surface area contributed by atoms with Gasteiger partial charge >= 0.3 is 12.0 Å². The van der Waals surface area contributed by atoms with Crippen LogP contribution in [0.2, 0.25) is 0 Å². The second-order valence-electron chi connectivity index (χ2n) is 7.29. The van der Waals surface area contributed by atoms with Crippen LogP contribution in [-0.4, -0.2) is 41.7 Å². The topological polar surface area (TPSA) is 78.9 Å². The van der Waals surface area contributed by atoms with E-state index in [0.29, 0.717) is 48.6 Å². The Morgan fingerprint density at radius 3 is 2.67 bits per heavy atom. The molecular weight excluding hydrogens is 387 g/mol. The van der Waals surface area contributed by atoms with Crippen LogP contribution in [0, 0.1) is 5.82 Å². The Hall–Kier alpha value is -3.09. The van der Waals surface area contributed by atoms with Crippen molar-refractivity contribution in [3.05, 3.63) is 52.8 Å². The number of ether oxygens (including phenoxy) is 1. The summed E-state index contributed by atoms with van der Waals surface area (Å²) >= 11 is 0. The largest absolute Gasteiger partial charge is 0.493 e. The van der Waals surface area contributed by atoms with Crippen LogP contribution in [0.25, 0.3) is 11.1 Å². The molecule has 0 aliphatic carbocycles. The second kappa shape index (κ2) is 9.61. The van der Waals surface area contributed by atoms with Gasteiger partial charge in [-0.1, -0.05) is 19.1 Å². The molecule has 2 aromatic rings. The van der Waals surface area contributed by atoms with E-state index < -0.39 is 5.97 Å². The van der Waals surface area contributed by atoms with Gasteiger partial charge in [0.2, 0.25) is 0 Å². The lowest BCUT2D eigenvalue weighted by atomic mass is 9.89. The van der Waals surface area contributed by atoms with E-state index in [-0.39, 0.29) is 24.8 Å². The molecule has 0 bridgehead atoms. The highest BCUT2D eigenvalue weighted by molar-refractivity contribution is 5.79. The van der Waals surface area contributed by atoms with Crippen LogP contribution in [0.1, 0.15) is 37.0 Å². The van der Waals surface area contributed by atoms with Gasteiger partial charge < -0.3 is 20.1 Å². The molecule has 2 N–H and O–H groups in total. The van der Waals surface area contributed by atoms with Gasteiger partial charge in [-0.05, 0) is 60.2 Å². The van der Waals surface area contributed by atoms with E-state index in [1.165, 1.54) is 6.07 Å². The molecule has 0 saturated heterocycles. The summed E-state index contributed by atoms with van der Waals surface area (Å²) in [4.78, 5) is 25.3. The summed E-state index contributed by atoms with van der Waals surface area (Å²) in [6.45, 7) is 5.62. The number of hydrogen-bond donors (Lipinski definition) is 2. The predicted octanol–water partition coefficient (Wildman–Crippen LogP) is 4.00. The summed E-state index contributed by atoms with van der Waals surface area (Å²) in [5, 5.41) is 12.0. The maximum atomic E-state index is 14.6. The molecule has 0 fully saturated rings. The van der Waals surface area contributed by atoms with Crippen molar-refractivity contribution in [2.24, 2.45) is 0 Å². The van der Waals surface area contributed by atoms with Crippen molar-refractivity contribution in [2.75, 3.05) is 19.7 Å². The molecule has 160 valence electrons. The van der Waals surface area contributed by atoms with E-state index in [1.807, 2.05) is 13.8 Å². The predicted molar refractivity (Wildman–Crippen MR) is 112 cm³/mol. The molecule has 30 heavy (non-hydrogen) atoms. The van der Waals surface area contributed by atoms with E-state index in [2.05, 4.69) is 5.32 Å². The highest BCUT2D eigenvalue weighted by atomic mass is 19.1. The van der Waals surface area contributed by atoms with Crippen LogP contribution in [-0.2, 0) is 24.2 Å². The normalized spacial score (nSPS) is 13.0. The highest BCUT2D eigenvalue weighted by Crippen LogP contribution is 2.38. The fraction of sp³-hybridized carbons (Fsp3) is 0.391. The number of nitrogens with zero attached hydrogens (tertiary/aromatic N) is 1. The lowest BCUT2D eigenvalue weighted by molar-refractivity contribution is -0.136. The SMILES string of the molecule is CCCNC(=O)N1CCc2c(F)ccc(-c3cc(CC(=O)O)ccc3OCC)c2C1. The third-order valence-electron chi connectivity index (χ3n) is 5.16. The van der Waals surface area contributed by atoms with E-state index in [4.69, 9.17) is 9.84 Å². The van der Waals surface area contributed by atoms with E-state index in [9.17, 15) is 14.0 Å². The van der Waals surface area contributed by atoms with E-state index >= 15 is 0 Å². The molecule has 0 aromatic heterocycles. The molecule has 3 rings (SSSR count). The van der Waals surface area contributed by atoms with Crippen molar-refractivity contribution in [3.8, 4) is 16.9 Å². The number of benzene rings is 2. The molecule has 1 aliphatic heterocycles. The van der Waals surface area contributed by atoms with Gasteiger partial charge in [0.15, 0.2) is 0 Å². The first-order valence-electron chi connectivity index (χ1n) is 10.3. The molecule has 2 aromatic carbocycles. The summed E-state index contributed by atoms with van der Waals surface area (Å²) in [7, 11) is 0. The smallest absolute Gasteiger partial charge is 0.317 e. The number of nitrogens with one attached hydrogen (secondary N) is 1. The molecule has 0 atom stereocenters. The van der Waals surface area contributed by atoms with Crippen LogP contribution in [0.15, 0.2) is 30.3 Å². The number of amides is 2. The van der Waals surface area contributed by atoms with Gasteiger partial charge in [0.25, 0.3) is 0 Å². The first-order chi connectivity index (χ1) is 14.4.